The summed E-state index contributed by atoms with van der Waals surface area (Å²) >= 11 is 0.866. The Morgan fingerprint density at radius 2 is 2.05 bits per heavy atom. The zero-order valence-electron chi connectivity index (χ0n) is 10.8. The number of anilines is 1. The summed E-state index contributed by atoms with van der Waals surface area (Å²) in [6, 6.07) is 8.82. The number of nitriles is 1. The minimum absolute atomic E-state index is 0.0269. The van der Waals surface area contributed by atoms with Crippen LogP contribution in [0, 0.1) is 18.3 Å². The number of aryl methyl sites for hydroxylation is 1. The predicted octanol–water partition coefficient (Wildman–Crippen LogP) is 2.43. The van der Waals surface area contributed by atoms with Gasteiger partial charge in [-0.3, -0.25) is 4.72 Å². The number of hydrogen-bond acceptors (Lipinski definition) is 5. The lowest BCUT2D eigenvalue weighted by molar-refractivity contribution is 0.0696. The first kappa shape index (κ1) is 15.0. The van der Waals surface area contributed by atoms with Crippen molar-refractivity contribution in [1.29, 1.82) is 5.26 Å². The fraction of sp³-hybridized carbons (Fsp3) is 0.0769. The molecule has 0 spiro atoms. The van der Waals surface area contributed by atoms with E-state index in [0.717, 1.165) is 11.3 Å². The molecule has 6 nitrogen and oxygen atoms in total. The molecule has 0 saturated heterocycles. The first-order valence-corrected chi connectivity index (χ1v) is 8.00. The second-order valence-electron chi connectivity index (χ2n) is 4.17. The third kappa shape index (κ3) is 3.21. The van der Waals surface area contributed by atoms with E-state index in [9.17, 15) is 13.2 Å². The van der Waals surface area contributed by atoms with Gasteiger partial charge in [0.2, 0.25) is 0 Å². The highest BCUT2D eigenvalue weighted by Crippen LogP contribution is 2.24. The minimum atomic E-state index is -3.78. The summed E-state index contributed by atoms with van der Waals surface area (Å²) in [6.07, 6.45) is 0. The first-order chi connectivity index (χ1) is 9.83. The lowest BCUT2D eigenvalue weighted by Crippen LogP contribution is -2.12. The summed E-state index contributed by atoms with van der Waals surface area (Å²) in [6.45, 7) is 1.58. The maximum atomic E-state index is 12.1. The van der Waals surface area contributed by atoms with Crippen LogP contribution >= 0.6 is 11.3 Å². The van der Waals surface area contributed by atoms with Crippen LogP contribution in [0.1, 0.15) is 20.8 Å². The molecule has 1 aromatic heterocycles. The van der Waals surface area contributed by atoms with Crippen LogP contribution in [0.3, 0.4) is 0 Å². The Hall–Kier alpha value is -2.37. The van der Waals surface area contributed by atoms with Crippen molar-refractivity contribution < 1.29 is 18.3 Å². The summed E-state index contributed by atoms with van der Waals surface area (Å²) in [5, 5.41) is 17.6. The quantitative estimate of drug-likeness (QED) is 0.899. The molecule has 2 N–H and O–H groups in total. The van der Waals surface area contributed by atoms with E-state index < -0.39 is 16.0 Å². The monoisotopic (exact) mass is 322 g/mol. The van der Waals surface area contributed by atoms with E-state index in [-0.39, 0.29) is 15.5 Å². The molecule has 21 heavy (non-hydrogen) atoms. The highest BCUT2D eigenvalue weighted by molar-refractivity contribution is 7.94. The van der Waals surface area contributed by atoms with Crippen LogP contribution in [0.4, 0.5) is 5.69 Å². The minimum Gasteiger partial charge on any atom is -0.478 e. The maximum Gasteiger partial charge on any atom is 0.335 e. The van der Waals surface area contributed by atoms with Crippen molar-refractivity contribution in [3.8, 4) is 6.07 Å². The average molecular weight is 322 g/mol. The Balaban J connectivity index is 2.31. The highest BCUT2D eigenvalue weighted by Gasteiger charge is 2.18. The van der Waals surface area contributed by atoms with E-state index in [1.807, 2.05) is 6.07 Å². The van der Waals surface area contributed by atoms with Crippen molar-refractivity contribution in [3.05, 3.63) is 46.3 Å². The predicted molar refractivity (Wildman–Crippen MR) is 78.0 cm³/mol. The molecule has 0 fully saturated rings. The molecule has 8 heteroatoms. The number of thiophene rings is 1. The molecular formula is C13H10N2O4S2. The van der Waals surface area contributed by atoms with Crippen LogP contribution in [-0.2, 0) is 10.0 Å². The Bertz CT molecular complexity index is 847. The van der Waals surface area contributed by atoms with E-state index in [2.05, 4.69) is 4.72 Å². The van der Waals surface area contributed by atoms with Crippen molar-refractivity contribution in [3.63, 3.8) is 0 Å². The summed E-state index contributed by atoms with van der Waals surface area (Å²) in [7, 11) is -3.78. The molecule has 108 valence electrons. The van der Waals surface area contributed by atoms with Gasteiger partial charge in [0.05, 0.1) is 5.56 Å². The second kappa shape index (κ2) is 5.55. The lowest BCUT2D eigenvalue weighted by Gasteiger charge is -2.08. The molecule has 0 aliphatic rings. The number of carboxylic acid groups (broad SMARTS) is 1. The van der Waals surface area contributed by atoms with Gasteiger partial charge in [-0.2, -0.15) is 5.26 Å². The Kier molecular flexibility index (Phi) is 3.97. The van der Waals surface area contributed by atoms with Gasteiger partial charge < -0.3 is 5.11 Å². The first-order valence-electron chi connectivity index (χ1n) is 5.70. The summed E-state index contributed by atoms with van der Waals surface area (Å²) in [5.74, 6) is -1.07. The second-order valence-corrected chi connectivity index (χ2v) is 7.16. The van der Waals surface area contributed by atoms with Crippen molar-refractivity contribution in [2.45, 2.75) is 11.1 Å². The number of carboxylic acids is 1. The normalized spacial score (nSPS) is 10.9. The van der Waals surface area contributed by atoms with Crippen LogP contribution in [0.5, 0.6) is 0 Å². The third-order valence-electron chi connectivity index (χ3n) is 2.67. The molecule has 0 atom stereocenters. The van der Waals surface area contributed by atoms with Crippen molar-refractivity contribution in [1.82, 2.24) is 0 Å². The topological polar surface area (TPSA) is 107 Å². The van der Waals surface area contributed by atoms with E-state index in [0.29, 0.717) is 10.4 Å². The lowest BCUT2D eigenvalue weighted by atomic mass is 10.1. The summed E-state index contributed by atoms with van der Waals surface area (Å²) < 4.78 is 26.7. The van der Waals surface area contributed by atoms with Gasteiger partial charge >= 0.3 is 5.97 Å². The highest BCUT2D eigenvalue weighted by atomic mass is 32.2. The molecule has 0 radical (unpaired) electrons. The number of nitrogens with one attached hydrogen (secondary N) is 1. The standard InChI is InChI=1S/C13H10N2O4S2/c1-8-6-9(2-4-11(8)13(16)17)15-21(18,19)12-5-3-10(7-14)20-12/h2-6,15H,1H3,(H,16,17). The maximum absolute atomic E-state index is 12.1. The smallest absolute Gasteiger partial charge is 0.335 e. The van der Waals surface area contributed by atoms with E-state index in [1.165, 1.54) is 30.3 Å². The third-order valence-corrected chi connectivity index (χ3v) is 5.53. The fourth-order valence-electron chi connectivity index (χ4n) is 1.70. The average Bonchev–Trinajstić information content (AvgIpc) is 2.87. The fourth-order valence-corrected chi connectivity index (χ4v) is 3.85. The largest absolute Gasteiger partial charge is 0.478 e. The summed E-state index contributed by atoms with van der Waals surface area (Å²) in [4.78, 5) is 11.2. The number of nitrogens with zero attached hydrogens (tertiary/aromatic N) is 1. The van der Waals surface area contributed by atoms with Crippen LogP contribution in [0.25, 0.3) is 0 Å². The van der Waals surface area contributed by atoms with E-state index in [4.69, 9.17) is 10.4 Å². The zero-order chi connectivity index (χ0) is 15.6. The number of aromatic carboxylic acids is 1. The van der Waals surface area contributed by atoms with Gasteiger partial charge in [0.15, 0.2) is 0 Å². The van der Waals surface area contributed by atoms with Gasteiger partial charge in [0.25, 0.3) is 10.0 Å². The van der Waals surface area contributed by atoms with E-state index >= 15 is 0 Å². The molecular weight excluding hydrogens is 312 g/mol. The molecule has 2 aromatic rings. The van der Waals surface area contributed by atoms with Gasteiger partial charge in [-0.1, -0.05) is 0 Å². The van der Waals surface area contributed by atoms with Crippen LogP contribution < -0.4 is 4.72 Å². The van der Waals surface area contributed by atoms with Crippen molar-refractivity contribution in [2.75, 3.05) is 4.72 Å². The van der Waals surface area contributed by atoms with Crippen molar-refractivity contribution >= 4 is 33.0 Å². The molecule has 0 bridgehead atoms. The molecule has 0 aliphatic carbocycles. The van der Waals surface area contributed by atoms with Gasteiger partial charge in [-0.25, -0.2) is 13.2 Å². The molecule has 1 heterocycles. The SMILES string of the molecule is Cc1cc(NS(=O)(=O)c2ccc(C#N)s2)ccc1C(=O)O. The molecule has 2 rings (SSSR count). The van der Waals surface area contributed by atoms with Gasteiger partial charge in [-0.05, 0) is 42.8 Å². The van der Waals surface area contributed by atoms with Crippen LogP contribution in [0.15, 0.2) is 34.5 Å². The number of hydrogen-bond donors (Lipinski definition) is 2. The van der Waals surface area contributed by atoms with Gasteiger partial charge in [0.1, 0.15) is 15.2 Å². The molecule has 0 unspecified atom stereocenters. The molecule has 0 aliphatic heterocycles. The number of rotatable bonds is 4. The number of carbonyl (C=O) groups is 1. The van der Waals surface area contributed by atoms with E-state index in [1.54, 1.807) is 6.92 Å². The molecule has 0 amide bonds. The van der Waals surface area contributed by atoms with Gasteiger partial charge in [0, 0.05) is 5.69 Å². The number of benzene rings is 1. The van der Waals surface area contributed by atoms with Crippen LogP contribution in [0.2, 0.25) is 0 Å². The molecule has 0 saturated carbocycles. The molecule has 1 aromatic carbocycles. The van der Waals surface area contributed by atoms with Crippen LogP contribution in [-0.4, -0.2) is 19.5 Å². The number of sulfonamides is 1. The Morgan fingerprint density at radius 1 is 1.33 bits per heavy atom. The Morgan fingerprint density at radius 3 is 2.57 bits per heavy atom. The Labute approximate surface area is 125 Å². The summed E-state index contributed by atoms with van der Waals surface area (Å²) in [5.41, 5.74) is 0.830. The van der Waals surface area contributed by atoms with Crippen molar-refractivity contribution in [2.24, 2.45) is 0 Å². The zero-order valence-corrected chi connectivity index (χ0v) is 12.5. The van der Waals surface area contributed by atoms with Gasteiger partial charge in [-0.15, -0.1) is 11.3 Å².